The number of para-hydroxylation sites is 2. The van der Waals surface area contributed by atoms with Gasteiger partial charge >= 0.3 is 0 Å². The molecule has 0 saturated heterocycles. The number of hydrogen-bond donors (Lipinski definition) is 0. The third-order valence-electron chi connectivity index (χ3n) is 18.1. The largest absolute Gasteiger partial charge is 0.311 e. The minimum atomic E-state index is -0.0726. The SMILES string of the molecule is CC1(C)c2ccccc2-c2ccc(N(c3ccccc3)c3ccc(C4(c5ccc(N(c6ccccc6)c6ccc(C78CC9CC(CC(C9)C7)C8)cc6)cc5)CCC(C(C)(C)C)CC4)cc3)cc21. The summed E-state index contributed by atoms with van der Waals surface area (Å²) in [4.78, 5) is 4.93. The van der Waals surface area contributed by atoms with E-state index in [0.717, 1.165) is 30.6 Å². The van der Waals surface area contributed by atoms with Crippen molar-refractivity contribution in [3.63, 3.8) is 0 Å². The predicted octanol–water partition coefficient (Wildman–Crippen LogP) is 17.9. The minimum absolute atomic E-state index is 0.0710. The van der Waals surface area contributed by atoms with Gasteiger partial charge in [-0.3, -0.25) is 0 Å². The first kappa shape index (κ1) is 42.5. The van der Waals surface area contributed by atoms with Gasteiger partial charge in [-0.15, -0.1) is 0 Å². The predicted molar refractivity (Wildman–Crippen MR) is 282 cm³/mol. The second-order valence-electron chi connectivity index (χ2n) is 23.3. The number of anilines is 6. The molecule has 67 heavy (non-hydrogen) atoms. The molecule has 13 rings (SSSR count). The topological polar surface area (TPSA) is 6.48 Å². The Hall–Kier alpha value is -5.86. The van der Waals surface area contributed by atoms with Crippen LogP contribution in [0.25, 0.3) is 11.1 Å². The van der Waals surface area contributed by atoms with Gasteiger partial charge in [0.2, 0.25) is 0 Å². The molecule has 0 spiro atoms. The normalized spacial score (nSPS) is 25.6. The lowest BCUT2D eigenvalue weighted by atomic mass is 9.48. The first-order chi connectivity index (χ1) is 32.5. The molecule has 4 bridgehead atoms. The van der Waals surface area contributed by atoms with Gasteiger partial charge in [-0.05, 0) is 210 Å². The molecule has 0 heterocycles. The number of rotatable bonds is 9. The van der Waals surface area contributed by atoms with Crippen LogP contribution in [0.15, 0.2) is 176 Å². The molecule has 338 valence electrons. The Morgan fingerprint density at radius 2 is 0.821 bits per heavy atom. The van der Waals surface area contributed by atoms with Gasteiger partial charge in [-0.2, -0.15) is 0 Å². The number of hydrogen-bond acceptors (Lipinski definition) is 2. The van der Waals surface area contributed by atoms with Crippen LogP contribution >= 0.6 is 0 Å². The summed E-state index contributed by atoms with van der Waals surface area (Å²) in [5.41, 5.74) is 17.7. The van der Waals surface area contributed by atoms with Gasteiger partial charge in [0.1, 0.15) is 0 Å². The van der Waals surface area contributed by atoms with Crippen molar-refractivity contribution in [1.82, 2.24) is 0 Å². The molecule has 0 aliphatic heterocycles. The fourth-order valence-electron chi connectivity index (χ4n) is 14.9. The van der Waals surface area contributed by atoms with Crippen LogP contribution in [0.3, 0.4) is 0 Å². The van der Waals surface area contributed by atoms with Crippen molar-refractivity contribution < 1.29 is 0 Å². The smallest absolute Gasteiger partial charge is 0.0465 e. The molecule has 6 aliphatic carbocycles. The fraction of sp³-hybridized carbons (Fsp3) is 0.354. The van der Waals surface area contributed by atoms with Gasteiger partial charge in [-0.1, -0.05) is 138 Å². The summed E-state index contributed by atoms with van der Waals surface area (Å²) in [5, 5.41) is 0. The molecule has 7 aromatic carbocycles. The molecule has 0 aromatic heterocycles. The molecule has 0 amide bonds. The van der Waals surface area contributed by atoms with Crippen LogP contribution in [0, 0.1) is 29.1 Å². The molecule has 0 unspecified atom stereocenters. The van der Waals surface area contributed by atoms with E-state index in [4.69, 9.17) is 0 Å². The molecule has 0 radical (unpaired) electrons. The van der Waals surface area contributed by atoms with Crippen molar-refractivity contribution in [3.05, 3.63) is 204 Å². The zero-order valence-electron chi connectivity index (χ0n) is 40.5. The Labute approximate surface area is 401 Å². The Morgan fingerprint density at radius 3 is 1.31 bits per heavy atom. The fourth-order valence-corrected chi connectivity index (χ4v) is 14.9. The maximum atomic E-state index is 2.50. The van der Waals surface area contributed by atoms with Crippen LogP contribution in [-0.2, 0) is 16.2 Å². The van der Waals surface area contributed by atoms with Gasteiger partial charge in [0.05, 0.1) is 0 Å². The molecular formula is C65H68N2. The third-order valence-corrected chi connectivity index (χ3v) is 18.1. The van der Waals surface area contributed by atoms with Gasteiger partial charge in [0.15, 0.2) is 0 Å². The van der Waals surface area contributed by atoms with E-state index in [9.17, 15) is 0 Å². The van der Waals surface area contributed by atoms with Crippen LogP contribution in [0.2, 0.25) is 0 Å². The van der Waals surface area contributed by atoms with Gasteiger partial charge in [0.25, 0.3) is 0 Å². The molecule has 0 atom stereocenters. The summed E-state index contributed by atoms with van der Waals surface area (Å²) in [7, 11) is 0. The Balaban J connectivity index is 0.891. The molecule has 5 saturated carbocycles. The van der Waals surface area contributed by atoms with E-state index in [0.29, 0.717) is 16.7 Å². The first-order valence-corrected chi connectivity index (χ1v) is 25.7. The van der Waals surface area contributed by atoms with Gasteiger partial charge in [0, 0.05) is 45.0 Å². The van der Waals surface area contributed by atoms with Crippen LogP contribution in [0.1, 0.15) is 127 Å². The summed E-state index contributed by atoms with van der Waals surface area (Å²) in [6.07, 6.45) is 13.4. The summed E-state index contributed by atoms with van der Waals surface area (Å²) in [6.45, 7) is 12.1. The zero-order valence-corrected chi connectivity index (χ0v) is 40.5. The third kappa shape index (κ3) is 7.28. The lowest BCUT2D eigenvalue weighted by molar-refractivity contribution is -0.00518. The monoisotopic (exact) mass is 877 g/mol. The van der Waals surface area contributed by atoms with Gasteiger partial charge < -0.3 is 9.80 Å². The summed E-state index contributed by atoms with van der Waals surface area (Å²) in [6, 6.07) is 67.3. The van der Waals surface area contributed by atoms with Crippen molar-refractivity contribution in [2.45, 2.75) is 115 Å². The highest BCUT2D eigenvalue weighted by Crippen LogP contribution is 2.61. The molecule has 6 aliphatic rings. The van der Waals surface area contributed by atoms with Crippen molar-refractivity contribution in [1.29, 1.82) is 0 Å². The molecule has 2 nitrogen and oxygen atoms in total. The van der Waals surface area contributed by atoms with Crippen molar-refractivity contribution in [2.75, 3.05) is 9.80 Å². The van der Waals surface area contributed by atoms with Crippen LogP contribution in [-0.4, -0.2) is 0 Å². The first-order valence-electron chi connectivity index (χ1n) is 25.7. The van der Waals surface area contributed by atoms with E-state index in [1.165, 1.54) is 119 Å². The highest BCUT2D eigenvalue weighted by Gasteiger charge is 2.51. The number of benzene rings is 7. The van der Waals surface area contributed by atoms with Crippen LogP contribution < -0.4 is 9.80 Å². The summed E-state index contributed by atoms with van der Waals surface area (Å²) >= 11 is 0. The number of fused-ring (bicyclic) bond motifs is 3. The van der Waals surface area contributed by atoms with Crippen LogP contribution in [0.4, 0.5) is 34.1 Å². The van der Waals surface area contributed by atoms with Crippen LogP contribution in [0.5, 0.6) is 0 Å². The highest BCUT2D eigenvalue weighted by atomic mass is 15.1. The van der Waals surface area contributed by atoms with Crippen molar-refractivity contribution in [2.24, 2.45) is 29.1 Å². The average Bonchev–Trinajstić information content (AvgIpc) is 3.57. The summed E-state index contributed by atoms with van der Waals surface area (Å²) < 4.78 is 0. The second kappa shape index (κ2) is 16.1. The lowest BCUT2D eigenvalue weighted by Crippen LogP contribution is -2.48. The summed E-state index contributed by atoms with van der Waals surface area (Å²) in [5.74, 6) is 3.54. The van der Waals surface area contributed by atoms with E-state index >= 15 is 0 Å². The van der Waals surface area contributed by atoms with E-state index in [1.807, 2.05) is 0 Å². The Kier molecular flexibility index (Phi) is 10.2. The zero-order chi connectivity index (χ0) is 45.5. The molecule has 2 heteroatoms. The maximum Gasteiger partial charge on any atom is 0.0465 e. The number of nitrogens with zero attached hydrogens (tertiary/aromatic N) is 2. The molecular weight excluding hydrogens is 809 g/mol. The highest BCUT2D eigenvalue weighted by molar-refractivity contribution is 5.85. The van der Waals surface area contributed by atoms with E-state index in [2.05, 4.69) is 220 Å². The quantitative estimate of drug-likeness (QED) is 0.143. The standard InChI is InChI=1S/C65H68N2/c1-62(2,3)48-34-36-65(37-35-48,51-24-30-56(31-25-51)67(53-16-10-7-11-17-53)57-32-33-59-58-18-12-13-19-60(58)63(4,5)61(59)41-57)50-22-28-55(29-23-50)66(52-14-8-6-9-15-52)54-26-20-49(21-27-54)64-42-45-38-46(43-64)40-47(39-45)44-64/h6-33,41,45-48H,34-40,42-44H2,1-5H3. The van der Waals surface area contributed by atoms with Crippen molar-refractivity contribution >= 4 is 34.1 Å². The average molecular weight is 877 g/mol. The minimum Gasteiger partial charge on any atom is -0.311 e. The molecule has 5 fully saturated rings. The lowest BCUT2D eigenvalue weighted by Gasteiger charge is -2.57. The molecule has 7 aromatic rings. The van der Waals surface area contributed by atoms with Gasteiger partial charge in [-0.25, -0.2) is 0 Å². The Bertz CT molecular complexity index is 2840. The van der Waals surface area contributed by atoms with E-state index < -0.39 is 0 Å². The second-order valence-corrected chi connectivity index (χ2v) is 23.3. The van der Waals surface area contributed by atoms with Crippen molar-refractivity contribution in [3.8, 4) is 11.1 Å². The van der Waals surface area contributed by atoms with E-state index in [1.54, 1.807) is 5.56 Å². The maximum absolute atomic E-state index is 2.50. The molecule has 0 N–H and O–H groups in total. The van der Waals surface area contributed by atoms with E-state index in [-0.39, 0.29) is 10.8 Å². The Morgan fingerprint density at radius 1 is 0.418 bits per heavy atom.